The van der Waals surface area contributed by atoms with Gasteiger partial charge < -0.3 is 15.4 Å². The van der Waals surface area contributed by atoms with Crippen molar-refractivity contribution < 1.29 is 4.74 Å². The zero-order chi connectivity index (χ0) is 18.5. The average molecular weight is 505 g/mol. The van der Waals surface area contributed by atoms with Crippen LogP contribution in [0.1, 0.15) is 70.6 Å². The van der Waals surface area contributed by atoms with E-state index in [0.29, 0.717) is 6.04 Å². The molecule has 3 unspecified atom stereocenters. The van der Waals surface area contributed by atoms with Crippen molar-refractivity contribution in [2.75, 3.05) is 39.9 Å². The number of hydrogen-bond acceptors (Lipinski definition) is 3. The Kier molecular flexibility index (Phi) is 8.72. The molecule has 2 aliphatic heterocycles. The van der Waals surface area contributed by atoms with Gasteiger partial charge in [-0.1, -0.05) is 25.7 Å². The van der Waals surface area contributed by atoms with Crippen LogP contribution in [0.15, 0.2) is 4.99 Å². The number of hydrogen-bond donors (Lipinski definition) is 2. The molecule has 28 heavy (non-hydrogen) atoms. The van der Waals surface area contributed by atoms with Gasteiger partial charge in [-0.15, -0.1) is 24.0 Å². The molecule has 162 valence electrons. The summed E-state index contributed by atoms with van der Waals surface area (Å²) in [5.74, 6) is 2.97. The maximum absolute atomic E-state index is 5.69. The van der Waals surface area contributed by atoms with Crippen molar-refractivity contribution in [3.63, 3.8) is 0 Å². The van der Waals surface area contributed by atoms with Crippen LogP contribution in [-0.4, -0.2) is 62.3 Å². The molecular formula is C22H41IN4O. The summed E-state index contributed by atoms with van der Waals surface area (Å²) < 4.78 is 5.69. The first-order chi connectivity index (χ1) is 13.3. The Labute approximate surface area is 188 Å². The van der Waals surface area contributed by atoms with Gasteiger partial charge in [0.25, 0.3) is 0 Å². The molecule has 0 bridgehead atoms. The van der Waals surface area contributed by atoms with E-state index in [2.05, 4.69) is 20.5 Å². The van der Waals surface area contributed by atoms with Gasteiger partial charge in [-0.3, -0.25) is 9.89 Å². The summed E-state index contributed by atoms with van der Waals surface area (Å²) in [6, 6.07) is 0.605. The Bertz CT molecular complexity index is 503. The van der Waals surface area contributed by atoms with Crippen LogP contribution < -0.4 is 10.6 Å². The van der Waals surface area contributed by atoms with Gasteiger partial charge in [-0.25, -0.2) is 0 Å². The van der Waals surface area contributed by atoms with E-state index in [9.17, 15) is 0 Å². The molecule has 0 spiro atoms. The number of aliphatic imine (C=N–C) groups is 1. The van der Waals surface area contributed by atoms with Crippen molar-refractivity contribution in [1.29, 1.82) is 0 Å². The molecule has 3 atom stereocenters. The average Bonchev–Trinajstić information content (AvgIpc) is 3.27. The molecule has 0 amide bonds. The van der Waals surface area contributed by atoms with Crippen LogP contribution in [0.2, 0.25) is 0 Å². The summed E-state index contributed by atoms with van der Waals surface area (Å²) in [4.78, 5) is 7.30. The van der Waals surface area contributed by atoms with Gasteiger partial charge in [0.15, 0.2) is 5.96 Å². The van der Waals surface area contributed by atoms with Crippen LogP contribution in [0.3, 0.4) is 0 Å². The van der Waals surface area contributed by atoms with E-state index in [0.717, 1.165) is 50.4 Å². The van der Waals surface area contributed by atoms with E-state index in [1.807, 2.05) is 7.05 Å². The number of nitrogens with one attached hydrogen (secondary N) is 2. The zero-order valence-electron chi connectivity index (χ0n) is 17.8. The number of nitrogens with zero attached hydrogens (tertiary/aromatic N) is 2. The first kappa shape index (κ1) is 22.6. The molecule has 2 aliphatic carbocycles. The second kappa shape index (κ2) is 10.8. The van der Waals surface area contributed by atoms with Gasteiger partial charge >= 0.3 is 0 Å². The monoisotopic (exact) mass is 504 g/mol. The first-order valence-corrected chi connectivity index (χ1v) is 11.6. The second-order valence-electron chi connectivity index (χ2n) is 9.42. The quantitative estimate of drug-likeness (QED) is 0.348. The normalized spacial score (nSPS) is 33.6. The molecule has 4 fully saturated rings. The smallest absolute Gasteiger partial charge is 0.191 e. The van der Waals surface area contributed by atoms with Crippen LogP contribution in [0.25, 0.3) is 0 Å². The summed E-state index contributed by atoms with van der Waals surface area (Å²) >= 11 is 0. The third kappa shape index (κ3) is 5.34. The highest BCUT2D eigenvalue weighted by Gasteiger charge is 2.40. The fourth-order valence-electron chi connectivity index (χ4n) is 6.19. The number of guanidine groups is 1. The molecule has 0 radical (unpaired) electrons. The summed E-state index contributed by atoms with van der Waals surface area (Å²) in [5, 5.41) is 7.49. The van der Waals surface area contributed by atoms with Crippen molar-refractivity contribution in [3.8, 4) is 0 Å². The van der Waals surface area contributed by atoms with Gasteiger partial charge in [0.1, 0.15) is 0 Å². The summed E-state index contributed by atoms with van der Waals surface area (Å²) in [6.45, 7) is 5.29. The standard InChI is InChI=1S/C22H40N4O.HI/c1-23-21(25-20-9-8-18-6-2-3-7-19(18)16-20)24-17-22(10-14-27-15-11-22)26-12-4-5-13-26;/h18-20H,2-17H2,1H3,(H2,23,24,25);1H. The third-order valence-electron chi connectivity index (χ3n) is 7.89. The molecule has 2 saturated heterocycles. The lowest BCUT2D eigenvalue weighted by atomic mass is 9.69. The lowest BCUT2D eigenvalue weighted by Gasteiger charge is -2.45. The number of ether oxygens (including phenoxy) is 1. The van der Waals surface area contributed by atoms with Gasteiger partial charge in [0, 0.05) is 38.4 Å². The van der Waals surface area contributed by atoms with E-state index >= 15 is 0 Å². The largest absolute Gasteiger partial charge is 0.381 e. The predicted octanol–water partition coefficient (Wildman–Crippen LogP) is 3.77. The Hall–Kier alpha value is -0.0800. The summed E-state index contributed by atoms with van der Waals surface area (Å²) in [6.07, 6.45) is 14.9. The lowest BCUT2D eigenvalue weighted by Crippen LogP contribution is -2.59. The van der Waals surface area contributed by atoms with E-state index in [4.69, 9.17) is 4.74 Å². The van der Waals surface area contributed by atoms with Crippen LogP contribution in [0, 0.1) is 11.8 Å². The van der Waals surface area contributed by atoms with E-state index < -0.39 is 0 Å². The van der Waals surface area contributed by atoms with Crippen molar-refractivity contribution in [2.24, 2.45) is 16.8 Å². The van der Waals surface area contributed by atoms with Crippen LogP contribution >= 0.6 is 24.0 Å². The fraction of sp³-hybridized carbons (Fsp3) is 0.955. The minimum Gasteiger partial charge on any atom is -0.381 e. The van der Waals surface area contributed by atoms with Crippen LogP contribution in [-0.2, 0) is 4.74 Å². The third-order valence-corrected chi connectivity index (χ3v) is 7.89. The Morgan fingerprint density at radius 3 is 2.43 bits per heavy atom. The van der Waals surface area contributed by atoms with E-state index in [1.165, 1.54) is 70.9 Å². The lowest BCUT2D eigenvalue weighted by molar-refractivity contribution is -0.0164. The molecule has 6 heteroatoms. The summed E-state index contributed by atoms with van der Waals surface area (Å²) in [7, 11) is 1.92. The molecule has 4 aliphatic rings. The van der Waals surface area contributed by atoms with Crippen molar-refractivity contribution in [1.82, 2.24) is 15.5 Å². The SMILES string of the molecule is CN=C(NCC1(N2CCCC2)CCOCC1)NC1CCC2CCCCC2C1.I. The predicted molar refractivity (Wildman–Crippen MR) is 127 cm³/mol. The minimum absolute atomic E-state index is 0. The molecule has 0 aromatic carbocycles. The molecular weight excluding hydrogens is 463 g/mol. The first-order valence-electron chi connectivity index (χ1n) is 11.6. The number of fused-ring (bicyclic) bond motifs is 1. The number of halogens is 1. The van der Waals surface area contributed by atoms with Crippen LogP contribution in [0.4, 0.5) is 0 Å². The highest BCUT2D eigenvalue weighted by Crippen LogP contribution is 2.40. The number of rotatable bonds is 4. The van der Waals surface area contributed by atoms with Crippen LogP contribution in [0.5, 0.6) is 0 Å². The molecule has 2 N–H and O–H groups in total. The Morgan fingerprint density at radius 1 is 1.00 bits per heavy atom. The molecule has 0 aromatic rings. The minimum atomic E-state index is 0. The van der Waals surface area contributed by atoms with E-state index in [1.54, 1.807) is 0 Å². The molecule has 5 nitrogen and oxygen atoms in total. The second-order valence-corrected chi connectivity index (χ2v) is 9.42. The van der Waals surface area contributed by atoms with Gasteiger partial charge in [-0.05, 0) is 69.9 Å². The fourth-order valence-corrected chi connectivity index (χ4v) is 6.19. The van der Waals surface area contributed by atoms with Gasteiger partial charge in [-0.2, -0.15) is 0 Å². The van der Waals surface area contributed by atoms with Crippen molar-refractivity contribution in [2.45, 2.75) is 82.2 Å². The molecule has 0 aromatic heterocycles. The molecule has 2 saturated carbocycles. The molecule has 4 rings (SSSR count). The zero-order valence-corrected chi connectivity index (χ0v) is 20.1. The Morgan fingerprint density at radius 2 is 1.71 bits per heavy atom. The highest BCUT2D eigenvalue weighted by atomic mass is 127. The van der Waals surface area contributed by atoms with Gasteiger partial charge in [0.05, 0.1) is 0 Å². The number of likely N-dealkylation sites (tertiary alicyclic amines) is 1. The maximum Gasteiger partial charge on any atom is 0.191 e. The van der Waals surface area contributed by atoms with Crippen molar-refractivity contribution >= 4 is 29.9 Å². The van der Waals surface area contributed by atoms with E-state index in [-0.39, 0.29) is 29.5 Å². The van der Waals surface area contributed by atoms with Crippen molar-refractivity contribution in [3.05, 3.63) is 0 Å². The van der Waals surface area contributed by atoms with Gasteiger partial charge in [0.2, 0.25) is 0 Å². The maximum atomic E-state index is 5.69. The topological polar surface area (TPSA) is 48.9 Å². The molecule has 2 heterocycles. The summed E-state index contributed by atoms with van der Waals surface area (Å²) in [5.41, 5.74) is 0.257. The Balaban J connectivity index is 0.00000225. The highest BCUT2D eigenvalue weighted by molar-refractivity contribution is 14.0.